The number of fused-ring (bicyclic) bond motifs is 1. The predicted octanol–water partition coefficient (Wildman–Crippen LogP) is 5.19. The van der Waals surface area contributed by atoms with Crippen LogP contribution in [0.1, 0.15) is 63.1 Å². The summed E-state index contributed by atoms with van der Waals surface area (Å²) in [5, 5.41) is 3.09. The highest BCUT2D eigenvalue weighted by Gasteiger charge is 2.38. The van der Waals surface area contributed by atoms with E-state index in [0.29, 0.717) is 16.8 Å². The molecule has 0 radical (unpaired) electrons. The van der Waals surface area contributed by atoms with Crippen LogP contribution in [0.25, 0.3) is 11.1 Å². The number of aromatic nitrogens is 1. The first-order chi connectivity index (χ1) is 18.2. The Bertz CT molecular complexity index is 1530. The molecule has 196 valence electrons. The SMILES string of the molecule is CCOC(=O)c1c(-n2c(C)cc(/C=C3/C(=O)NC(=O)N(c4ccccc4C)C3=O)c2C)sc2c1CCCC2. The summed E-state index contributed by atoms with van der Waals surface area (Å²) in [6.07, 6.45) is 5.41. The molecular weight excluding hydrogens is 502 g/mol. The highest BCUT2D eigenvalue weighted by molar-refractivity contribution is 7.15. The normalized spacial score (nSPS) is 16.6. The minimum atomic E-state index is -0.778. The van der Waals surface area contributed by atoms with Crippen LogP contribution < -0.4 is 10.2 Å². The second kappa shape index (κ2) is 10.1. The summed E-state index contributed by atoms with van der Waals surface area (Å²) in [5.74, 6) is -1.76. The molecule has 9 heteroatoms. The third-order valence-corrected chi connectivity index (χ3v) is 8.34. The van der Waals surface area contributed by atoms with Gasteiger partial charge in [0.15, 0.2) is 0 Å². The molecule has 1 saturated heterocycles. The summed E-state index contributed by atoms with van der Waals surface area (Å²) < 4.78 is 7.43. The molecule has 0 spiro atoms. The second-order valence-corrected chi connectivity index (χ2v) is 10.6. The number of esters is 1. The third kappa shape index (κ3) is 4.26. The molecule has 1 aromatic carbocycles. The van der Waals surface area contributed by atoms with Gasteiger partial charge in [-0.1, -0.05) is 18.2 Å². The quantitative estimate of drug-likeness (QED) is 0.278. The van der Waals surface area contributed by atoms with E-state index in [0.717, 1.165) is 58.1 Å². The first-order valence-corrected chi connectivity index (χ1v) is 13.5. The van der Waals surface area contributed by atoms with Crippen LogP contribution >= 0.6 is 11.3 Å². The summed E-state index contributed by atoms with van der Waals surface area (Å²) >= 11 is 1.60. The number of carbonyl (C=O) groups excluding carboxylic acids is 4. The first-order valence-electron chi connectivity index (χ1n) is 12.7. The molecule has 1 aliphatic carbocycles. The number of thiophene rings is 1. The Morgan fingerprint density at radius 3 is 2.58 bits per heavy atom. The lowest BCUT2D eigenvalue weighted by molar-refractivity contribution is -0.122. The van der Waals surface area contributed by atoms with Crippen LogP contribution in [0.5, 0.6) is 0 Å². The van der Waals surface area contributed by atoms with Gasteiger partial charge in [-0.15, -0.1) is 11.3 Å². The van der Waals surface area contributed by atoms with Crippen molar-refractivity contribution in [3.05, 3.63) is 74.4 Å². The Hall–Kier alpha value is -3.98. The van der Waals surface area contributed by atoms with E-state index in [1.54, 1.807) is 43.4 Å². The number of aryl methyl sites for hydroxylation is 3. The first kappa shape index (κ1) is 25.7. The monoisotopic (exact) mass is 531 g/mol. The van der Waals surface area contributed by atoms with Crippen molar-refractivity contribution in [1.29, 1.82) is 0 Å². The number of rotatable bonds is 5. The molecule has 3 heterocycles. The lowest BCUT2D eigenvalue weighted by atomic mass is 9.95. The zero-order chi connectivity index (χ0) is 27.1. The zero-order valence-corrected chi connectivity index (χ0v) is 22.7. The Labute approximate surface area is 224 Å². The van der Waals surface area contributed by atoms with Gasteiger partial charge in [0.05, 0.1) is 17.9 Å². The standard InChI is InChI=1S/C29H29N3O5S/c1-5-37-28(35)24-20-11-7-9-13-23(20)38-27(24)31-17(3)14-19(18(31)4)15-21-25(33)30-29(36)32(26(21)34)22-12-8-6-10-16(22)2/h6,8,10,12,14-15H,5,7,9,11,13H2,1-4H3,(H,30,33,36)/b21-15-. The van der Waals surface area contributed by atoms with E-state index in [4.69, 9.17) is 4.74 Å². The van der Waals surface area contributed by atoms with Gasteiger partial charge in [-0.05, 0) is 88.3 Å². The lowest BCUT2D eigenvalue weighted by Gasteiger charge is -2.27. The predicted molar refractivity (Wildman–Crippen MR) is 146 cm³/mol. The molecule has 4 amide bonds. The zero-order valence-electron chi connectivity index (χ0n) is 21.8. The number of barbiturate groups is 1. The fourth-order valence-electron chi connectivity index (χ4n) is 5.22. The highest BCUT2D eigenvalue weighted by atomic mass is 32.1. The Morgan fingerprint density at radius 1 is 1.11 bits per heavy atom. The number of ether oxygens (including phenoxy) is 1. The van der Waals surface area contributed by atoms with Gasteiger partial charge in [-0.3, -0.25) is 14.9 Å². The van der Waals surface area contributed by atoms with E-state index in [2.05, 4.69) is 5.32 Å². The number of benzene rings is 1. The molecule has 0 bridgehead atoms. The fourth-order valence-corrected chi connectivity index (χ4v) is 6.70. The van der Waals surface area contributed by atoms with Crippen molar-refractivity contribution in [1.82, 2.24) is 9.88 Å². The average Bonchev–Trinajstić information content (AvgIpc) is 3.38. The number of para-hydroxylation sites is 1. The highest BCUT2D eigenvalue weighted by Crippen LogP contribution is 2.39. The van der Waals surface area contributed by atoms with Gasteiger partial charge in [-0.25, -0.2) is 14.5 Å². The van der Waals surface area contributed by atoms with Crippen LogP contribution in [-0.2, 0) is 27.2 Å². The van der Waals surface area contributed by atoms with Crippen molar-refractivity contribution in [2.75, 3.05) is 11.5 Å². The third-order valence-electron chi connectivity index (χ3n) is 7.06. The molecule has 5 rings (SSSR count). The van der Waals surface area contributed by atoms with Crippen LogP contribution in [0.4, 0.5) is 10.5 Å². The van der Waals surface area contributed by atoms with E-state index in [-0.39, 0.29) is 18.1 Å². The van der Waals surface area contributed by atoms with Crippen molar-refractivity contribution in [3.8, 4) is 5.00 Å². The van der Waals surface area contributed by atoms with Gasteiger partial charge in [-0.2, -0.15) is 0 Å². The maximum absolute atomic E-state index is 13.4. The molecule has 2 aromatic heterocycles. The topological polar surface area (TPSA) is 97.7 Å². The largest absolute Gasteiger partial charge is 0.462 e. The molecule has 3 aromatic rings. The molecule has 1 aliphatic heterocycles. The van der Waals surface area contributed by atoms with E-state index >= 15 is 0 Å². The number of nitrogens with one attached hydrogen (secondary N) is 1. The average molecular weight is 532 g/mol. The molecule has 1 fully saturated rings. The van der Waals surface area contributed by atoms with Gasteiger partial charge in [0.1, 0.15) is 10.6 Å². The van der Waals surface area contributed by atoms with Crippen molar-refractivity contribution >= 4 is 46.9 Å². The van der Waals surface area contributed by atoms with Gasteiger partial charge >= 0.3 is 12.0 Å². The van der Waals surface area contributed by atoms with Gasteiger partial charge in [0.2, 0.25) is 0 Å². The smallest absolute Gasteiger partial charge is 0.341 e. The van der Waals surface area contributed by atoms with Crippen LogP contribution in [-0.4, -0.2) is 35.0 Å². The molecule has 2 aliphatic rings. The van der Waals surface area contributed by atoms with Crippen LogP contribution in [0, 0.1) is 20.8 Å². The summed E-state index contributed by atoms with van der Waals surface area (Å²) in [7, 11) is 0. The number of amides is 4. The summed E-state index contributed by atoms with van der Waals surface area (Å²) in [6, 6.07) is 8.12. The van der Waals surface area contributed by atoms with Gasteiger partial charge in [0.25, 0.3) is 11.8 Å². The molecule has 0 saturated carbocycles. The summed E-state index contributed by atoms with van der Waals surface area (Å²) in [4.78, 5) is 54.1. The number of carbonyl (C=O) groups is 4. The van der Waals surface area contributed by atoms with Crippen molar-refractivity contribution in [2.24, 2.45) is 0 Å². The van der Waals surface area contributed by atoms with Crippen LogP contribution in [0.3, 0.4) is 0 Å². The second-order valence-electron chi connectivity index (χ2n) is 9.52. The minimum absolute atomic E-state index is 0.135. The number of hydrogen-bond donors (Lipinski definition) is 1. The lowest BCUT2D eigenvalue weighted by Crippen LogP contribution is -2.54. The van der Waals surface area contributed by atoms with Crippen LogP contribution in [0.2, 0.25) is 0 Å². The molecule has 8 nitrogen and oxygen atoms in total. The summed E-state index contributed by atoms with van der Waals surface area (Å²) in [5.41, 5.74) is 4.98. The minimum Gasteiger partial charge on any atom is -0.462 e. The van der Waals surface area contributed by atoms with Gasteiger partial charge < -0.3 is 9.30 Å². The maximum Gasteiger partial charge on any atom is 0.341 e. The molecule has 1 N–H and O–H groups in total. The van der Waals surface area contributed by atoms with E-state index in [9.17, 15) is 19.2 Å². The molecular formula is C29H29N3O5S. The Kier molecular flexibility index (Phi) is 6.79. The van der Waals surface area contributed by atoms with Crippen molar-refractivity contribution < 1.29 is 23.9 Å². The Morgan fingerprint density at radius 2 is 1.84 bits per heavy atom. The maximum atomic E-state index is 13.4. The number of urea groups is 1. The van der Waals surface area contributed by atoms with Crippen molar-refractivity contribution in [3.63, 3.8) is 0 Å². The van der Waals surface area contributed by atoms with Crippen molar-refractivity contribution in [2.45, 2.75) is 53.4 Å². The molecule has 0 unspecified atom stereocenters. The number of hydrogen-bond acceptors (Lipinski definition) is 6. The molecule has 0 atom stereocenters. The number of anilines is 1. The van der Waals surface area contributed by atoms with E-state index in [1.807, 2.05) is 30.5 Å². The van der Waals surface area contributed by atoms with Crippen LogP contribution in [0.15, 0.2) is 35.9 Å². The summed E-state index contributed by atoms with van der Waals surface area (Å²) in [6.45, 7) is 7.70. The molecule has 38 heavy (non-hydrogen) atoms. The fraction of sp³-hybridized carbons (Fsp3) is 0.310. The van der Waals surface area contributed by atoms with E-state index in [1.165, 1.54) is 11.0 Å². The number of nitrogens with zero attached hydrogens (tertiary/aromatic N) is 2. The Balaban J connectivity index is 1.60. The number of imide groups is 2. The van der Waals surface area contributed by atoms with E-state index < -0.39 is 17.8 Å². The van der Waals surface area contributed by atoms with Gasteiger partial charge in [0, 0.05) is 16.3 Å².